The Morgan fingerprint density at radius 1 is 1.10 bits per heavy atom. The van der Waals surface area contributed by atoms with Crippen molar-refractivity contribution in [3.8, 4) is 5.75 Å². The minimum absolute atomic E-state index is 0.118. The highest BCUT2D eigenvalue weighted by molar-refractivity contribution is 9.10. The molecule has 0 saturated carbocycles. The van der Waals surface area contributed by atoms with Crippen LogP contribution in [0.15, 0.2) is 50.2 Å². The van der Waals surface area contributed by atoms with E-state index in [1.54, 1.807) is 30.3 Å². The molecular formula is C14H13Br2NO3S. The van der Waals surface area contributed by atoms with Crippen molar-refractivity contribution in [2.24, 2.45) is 0 Å². The molecule has 0 heterocycles. The number of sulfone groups is 1. The number of ether oxygens (including phenoxy) is 1. The molecule has 4 nitrogen and oxygen atoms in total. The molecule has 0 aromatic heterocycles. The molecule has 0 aliphatic carbocycles. The van der Waals surface area contributed by atoms with Crippen LogP contribution in [0.1, 0.15) is 5.56 Å². The molecule has 0 bridgehead atoms. The summed E-state index contributed by atoms with van der Waals surface area (Å²) < 4.78 is 31.8. The molecule has 21 heavy (non-hydrogen) atoms. The molecular weight excluding hydrogens is 422 g/mol. The Kier molecular flexibility index (Phi) is 4.95. The van der Waals surface area contributed by atoms with Crippen molar-refractivity contribution in [3.63, 3.8) is 0 Å². The zero-order chi connectivity index (χ0) is 15.6. The van der Waals surface area contributed by atoms with Gasteiger partial charge >= 0.3 is 0 Å². The second-order valence-electron chi connectivity index (χ2n) is 4.40. The third-order valence-corrected chi connectivity index (χ3v) is 5.61. The van der Waals surface area contributed by atoms with Gasteiger partial charge in [-0.2, -0.15) is 0 Å². The van der Waals surface area contributed by atoms with Gasteiger partial charge in [0.25, 0.3) is 0 Å². The number of hydrogen-bond donors (Lipinski definition) is 1. The van der Waals surface area contributed by atoms with Crippen LogP contribution in [0.5, 0.6) is 5.75 Å². The van der Waals surface area contributed by atoms with Gasteiger partial charge in [0.05, 0.1) is 23.4 Å². The summed E-state index contributed by atoms with van der Waals surface area (Å²) >= 11 is 6.59. The molecule has 0 aliphatic rings. The van der Waals surface area contributed by atoms with E-state index in [1.165, 1.54) is 13.2 Å². The molecule has 0 spiro atoms. The topological polar surface area (TPSA) is 69.4 Å². The van der Waals surface area contributed by atoms with Gasteiger partial charge in [-0.3, -0.25) is 0 Å². The number of benzene rings is 2. The maximum atomic E-state index is 12.5. The summed E-state index contributed by atoms with van der Waals surface area (Å²) in [4.78, 5) is 0.118. The lowest BCUT2D eigenvalue weighted by atomic mass is 10.2. The van der Waals surface area contributed by atoms with Crippen LogP contribution in [0.25, 0.3) is 0 Å². The van der Waals surface area contributed by atoms with Crippen LogP contribution in [0, 0.1) is 0 Å². The van der Waals surface area contributed by atoms with E-state index < -0.39 is 9.84 Å². The lowest BCUT2D eigenvalue weighted by Crippen LogP contribution is -2.09. The van der Waals surface area contributed by atoms with Gasteiger partial charge in [0.15, 0.2) is 9.84 Å². The summed E-state index contributed by atoms with van der Waals surface area (Å²) in [5, 5.41) is 0. The van der Waals surface area contributed by atoms with Gasteiger partial charge < -0.3 is 10.5 Å². The van der Waals surface area contributed by atoms with Crippen molar-refractivity contribution in [1.29, 1.82) is 0 Å². The highest BCUT2D eigenvalue weighted by Crippen LogP contribution is 2.30. The minimum Gasteiger partial charge on any atom is -0.496 e. The van der Waals surface area contributed by atoms with Gasteiger partial charge in [0.2, 0.25) is 0 Å². The molecule has 2 aromatic carbocycles. The first kappa shape index (κ1) is 16.3. The molecule has 0 amide bonds. The first-order chi connectivity index (χ1) is 9.83. The summed E-state index contributed by atoms with van der Waals surface area (Å²) in [6.45, 7) is 0. The van der Waals surface area contributed by atoms with Crippen LogP contribution in [-0.4, -0.2) is 15.5 Å². The molecule has 2 N–H and O–H groups in total. The quantitative estimate of drug-likeness (QED) is 0.743. The molecule has 0 radical (unpaired) electrons. The largest absolute Gasteiger partial charge is 0.496 e. The fourth-order valence-corrected chi connectivity index (χ4v) is 4.22. The third-order valence-electron chi connectivity index (χ3n) is 2.89. The average molecular weight is 435 g/mol. The van der Waals surface area contributed by atoms with E-state index >= 15 is 0 Å². The summed E-state index contributed by atoms with van der Waals surface area (Å²) in [6, 6.07) is 9.97. The van der Waals surface area contributed by atoms with Crippen molar-refractivity contribution in [2.45, 2.75) is 10.6 Å². The Hall–Kier alpha value is -1.05. The monoisotopic (exact) mass is 433 g/mol. The van der Waals surface area contributed by atoms with Crippen molar-refractivity contribution in [2.75, 3.05) is 12.8 Å². The van der Waals surface area contributed by atoms with E-state index in [4.69, 9.17) is 10.5 Å². The van der Waals surface area contributed by atoms with Gasteiger partial charge in [-0.25, -0.2) is 8.42 Å². The van der Waals surface area contributed by atoms with Gasteiger partial charge in [-0.1, -0.05) is 31.9 Å². The van der Waals surface area contributed by atoms with Crippen LogP contribution >= 0.6 is 31.9 Å². The third kappa shape index (κ3) is 3.78. The molecule has 0 aliphatic heterocycles. The summed E-state index contributed by atoms with van der Waals surface area (Å²) in [5.41, 5.74) is 6.61. The summed E-state index contributed by atoms with van der Waals surface area (Å²) in [5.74, 6) is 0.346. The first-order valence-corrected chi connectivity index (χ1v) is 9.17. The Labute approximate surface area is 140 Å². The molecule has 112 valence electrons. The van der Waals surface area contributed by atoms with Crippen LogP contribution in [-0.2, 0) is 15.6 Å². The normalized spacial score (nSPS) is 11.4. The zero-order valence-corrected chi connectivity index (χ0v) is 15.1. The number of methoxy groups -OCH3 is 1. The van der Waals surface area contributed by atoms with E-state index in [2.05, 4.69) is 31.9 Å². The van der Waals surface area contributed by atoms with Crippen LogP contribution in [0.3, 0.4) is 0 Å². The average Bonchev–Trinajstić information content (AvgIpc) is 2.37. The van der Waals surface area contributed by atoms with Crippen molar-refractivity contribution < 1.29 is 13.2 Å². The highest BCUT2D eigenvalue weighted by atomic mass is 79.9. The van der Waals surface area contributed by atoms with Gasteiger partial charge in [-0.05, 0) is 36.4 Å². The van der Waals surface area contributed by atoms with Gasteiger partial charge in [0, 0.05) is 14.5 Å². The van der Waals surface area contributed by atoms with E-state index in [0.717, 1.165) is 8.95 Å². The van der Waals surface area contributed by atoms with Gasteiger partial charge in [0.1, 0.15) is 5.75 Å². The number of anilines is 1. The predicted octanol–water partition coefficient (Wildman–Crippen LogP) is 3.78. The number of hydrogen-bond acceptors (Lipinski definition) is 4. The second-order valence-corrected chi connectivity index (χ2v) is 8.19. The Morgan fingerprint density at radius 3 is 2.33 bits per heavy atom. The smallest absolute Gasteiger partial charge is 0.184 e. The van der Waals surface area contributed by atoms with E-state index in [-0.39, 0.29) is 16.3 Å². The number of nitrogen functional groups attached to an aromatic ring is 1. The summed E-state index contributed by atoms with van der Waals surface area (Å²) in [6.07, 6.45) is 0. The van der Waals surface area contributed by atoms with E-state index in [0.29, 0.717) is 11.3 Å². The first-order valence-electron chi connectivity index (χ1n) is 5.93. The zero-order valence-electron chi connectivity index (χ0n) is 11.1. The SMILES string of the molecule is COc1ccc(Br)cc1CS(=O)(=O)c1ccc(Br)cc1N. The fraction of sp³-hybridized carbons (Fsp3) is 0.143. The van der Waals surface area contributed by atoms with Crippen LogP contribution in [0.2, 0.25) is 0 Å². The molecule has 0 atom stereocenters. The maximum Gasteiger partial charge on any atom is 0.184 e. The van der Waals surface area contributed by atoms with Crippen molar-refractivity contribution in [1.82, 2.24) is 0 Å². The molecule has 0 saturated heterocycles. The number of rotatable bonds is 4. The summed E-state index contributed by atoms with van der Waals surface area (Å²) in [7, 11) is -2.05. The highest BCUT2D eigenvalue weighted by Gasteiger charge is 2.20. The Bertz CT molecular complexity index is 776. The molecule has 0 unspecified atom stereocenters. The molecule has 2 aromatic rings. The Morgan fingerprint density at radius 2 is 1.71 bits per heavy atom. The maximum absolute atomic E-state index is 12.5. The number of halogens is 2. The van der Waals surface area contributed by atoms with Crippen LogP contribution in [0.4, 0.5) is 5.69 Å². The van der Waals surface area contributed by atoms with Crippen molar-refractivity contribution >= 4 is 47.4 Å². The van der Waals surface area contributed by atoms with E-state index in [1.807, 2.05) is 0 Å². The molecule has 2 rings (SSSR count). The van der Waals surface area contributed by atoms with E-state index in [9.17, 15) is 8.42 Å². The van der Waals surface area contributed by atoms with Crippen LogP contribution < -0.4 is 10.5 Å². The standard InChI is InChI=1S/C14H13Br2NO3S/c1-20-13-4-2-10(15)6-9(13)8-21(18,19)14-5-3-11(16)7-12(14)17/h2-7H,8,17H2,1H3. The lowest BCUT2D eigenvalue weighted by molar-refractivity contribution is 0.411. The fourth-order valence-electron chi connectivity index (χ4n) is 1.94. The molecule has 0 fully saturated rings. The Balaban J connectivity index is 2.44. The molecule has 7 heteroatoms. The number of nitrogens with two attached hydrogens (primary N) is 1. The van der Waals surface area contributed by atoms with Crippen molar-refractivity contribution in [3.05, 3.63) is 50.9 Å². The second kappa shape index (κ2) is 6.37. The van der Waals surface area contributed by atoms with Gasteiger partial charge in [-0.15, -0.1) is 0 Å². The predicted molar refractivity (Wildman–Crippen MR) is 90.1 cm³/mol. The lowest BCUT2D eigenvalue weighted by Gasteiger charge is -2.11. The minimum atomic E-state index is -3.56.